The molecule has 0 aliphatic rings. The van der Waals surface area contributed by atoms with Crippen molar-refractivity contribution in [2.24, 2.45) is 7.05 Å². The fourth-order valence-electron chi connectivity index (χ4n) is 1.03. The van der Waals surface area contributed by atoms with Gasteiger partial charge in [-0.3, -0.25) is 0 Å². The second kappa shape index (κ2) is 2.77. The number of benzene rings is 1. The quantitative estimate of drug-likeness (QED) is 0.626. The van der Waals surface area contributed by atoms with Crippen LogP contribution in [0.2, 0.25) is 0 Å². The summed E-state index contributed by atoms with van der Waals surface area (Å²) in [7, 11) is 1.80. The third-order valence-electron chi connectivity index (χ3n) is 1.60. The van der Waals surface area contributed by atoms with Crippen LogP contribution < -0.4 is 0 Å². The largest absolute Gasteiger partial charge is 0.187 e. The number of hydrogen-bond acceptors (Lipinski definition) is 2. The smallest absolute Gasteiger partial charge is 0.113 e. The lowest BCUT2D eigenvalue weighted by Gasteiger charge is -1.91. The van der Waals surface area contributed by atoms with Crippen LogP contribution in [0.3, 0.4) is 0 Å². The third kappa shape index (κ3) is 1.21. The molecule has 0 bridgehead atoms. The number of aromatic nitrogens is 3. The third-order valence-corrected chi connectivity index (χ3v) is 1.60. The summed E-state index contributed by atoms with van der Waals surface area (Å²) < 4.78 is 0. The molecule has 0 spiro atoms. The molecule has 1 aromatic carbocycles. The standard InChI is InChI=1S/C9H8N3/c1-12-10-7-9(11-12)8-5-3-2-4-6-8/h2-3,5-7H,1H3. The van der Waals surface area contributed by atoms with Crippen molar-refractivity contribution in [3.8, 4) is 11.3 Å². The molecule has 0 saturated carbocycles. The molecule has 1 heterocycles. The number of nitrogens with zero attached hydrogens (tertiary/aromatic N) is 3. The van der Waals surface area contributed by atoms with Gasteiger partial charge in [0.15, 0.2) is 0 Å². The van der Waals surface area contributed by atoms with Crippen molar-refractivity contribution >= 4 is 0 Å². The second-order valence-electron chi connectivity index (χ2n) is 2.51. The molecule has 0 N–H and O–H groups in total. The fourth-order valence-corrected chi connectivity index (χ4v) is 1.03. The molecule has 0 aliphatic heterocycles. The number of hydrogen-bond donors (Lipinski definition) is 0. The van der Waals surface area contributed by atoms with Gasteiger partial charge in [-0.2, -0.15) is 15.0 Å². The van der Waals surface area contributed by atoms with Gasteiger partial charge in [0.05, 0.1) is 6.20 Å². The minimum atomic E-state index is 0.884. The molecule has 2 aromatic rings. The molecule has 0 atom stereocenters. The minimum Gasteiger partial charge on any atom is -0.187 e. The van der Waals surface area contributed by atoms with Gasteiger partial charge in [-0.05, 0) is 12.1 Å². The molecule has 59 valence electrons. The lowest BCUT2D eigenvalue weighted by molar-refractivity contribution is 0.655. The summed E-state index contributed by atoms with van der Waals surface area (Å²) in [4.78, 5) is 1.54. The number of aryl methyl sites for hydroxylation is 1. The maximum Gasteiger partial charge on any atom is 0.113 e. The number of rotatable bonds is 1. The highest BCUT2D eigenvalue weighted by Crippen LogP contribution is 2.13. The van der Waals surface area contributed by atoms with Gasteiger partial charge < -0.3 is 0 Å². The highest BCUT2D eigenvalue weighted by Gasteiger charge is 1.99. The van der Waals surface area contributed by atoms with Crippen LogP contribution >= 0.6 is 0 Å². The van der Waals surface area contributed by atoms with Crippen LogP contribution in [0.15, 0.2) is 30.5 Å². The van der Waals surface area contributed by atoms with Gasteiger partial charge >= 0.3 is 0 Å². The summed E-state index contributed by atoms with van der Waals surface area (Å²) in [6.07, 6.45) is 1.74. The molecule has 0 unspecified atom stereocenters. The van der Waals surface area contributed by atoms with Crippen LogP contribution in [0, 0.1) is 6.07 Å². The van der Waals surface area contributed by atoms with Crippen molar-refractivity contribution in [2.75, 3.05) is 0 Å². The Hall–Kier alpha value is -1.64. The molecule has 2 rings (SSSR count). The van der Waals surface area contributed by atoms with E-state index in [0.29, 0.717) is 0 Å². The van der Waals surface area contributed by atoms with E-state index in [-0.39, 0.29) is 0 Å². The Morgan fingerprint density at radius 2 is 2.42 bits per heavy atom. The van der Waals surface area contributed by atoms with Gasteiger partial charge in [0.1, 0.15) is 5.69 Å². The maximum absolute atomic E-state index is 4.17. The van der Waals surface area contributed by atoms with Gasteiger partial charge in [-0.25, -0.2) is 0 Å². The van der Waals surface area contributed by atoms with Gasteiger partial charge in [0, 0.05) is 12.6 Å². The highest BCUT2D eigenvalue weighted by atomic mass is 15.4. The van der Waals surface area contributed by atoms with Crippen LogP contribution in [0.5, 0.6) is 0 Å². The normalized spacial score (nSPS) is 10.1. The molecule has 0 saturated heterocycles. The Kier molecular flexibility index (Phi) is 1.63. The highest BCUT2D eigenvalue weighted by molar-refractivity contribution is 5.56. The molecule has 1 radical (unpaired) electrons. The van der Waals surface area contributed by atoms with Crippen molar-refractivity contribution in [3.05, 3.63) is 36.5 Å². The van der Waals surface area contributed by atoms with E-state index in [4.69, 9.17) is 0 Å². The van der Waals surface area contributed by atoms with E-state index in [9.17, 15) is 0 Å². The molecular formula is C9H8N3. The summed E-state index contributed by atoms with van der Waals surface area (Å²) in [6, 6.07) is 10.7. The lowest BCUT2D eigenvalue weighted by Crippen LogP contribution is -1.91. The van der Waals surface area contributed by atoms with Crippen LogP contribution in [-0.4, -0.2) is 15.0 Å². The van der Waals surface area contributed by atoms with E-state index in [1.165, 1.54) is 0 Å². The van der Waals surface area contributed by atoms with Crippen LogP contribution in [0.25, 0.3) is 11.3 Å². The SMILES string of the molecule is Cn1ncc(-c2c[c]ccc2)n1. The molecular weight excluding hydrogens is 150 g/mol. The van der Waals surface area contributed by atoms with Crippen LogP contribution in [0.1, 0.15) is 0 Å². The summed E-state index contributed by atoms with van der Waals surface area (Å²) in [5.41, 5.74) is 1.93. The first-order valence-corrected chi connectivity index (χ1v) is 3.69. The Morgan fingerprint density at radius 1 is 1.50 bits per heavy atom. The zero-order valence-corrected chi connectivity index (χ0v) is 6.73. The van der Waals surface area contributed by atoms with Crippen molar-refractivity contribution in [1.29, 1.82) is 0 Å². The summed E-state index contributed by atoms with van der Waals surface area (Å²) in [5, 5.41) is 8.15. The van der Waals surface area contributed by atoms with Gasteiger partial charge in [-0.1, -0.05) is 18.2 Å². The molecule has 0 amide bonds. The lowest BCUT2D eigenvalue weighted by atomic mass is 10.2. The molecule has 3 nitrogen and oxygen atoms in total. The molecule has 1 aromatic heterocycles. The summed E-state index contributed by atoms with van der Waals surface area (Å²) in [5.74, 6) is 0. The van der Waals surface area contributed by atoms with E-state index < -0.39 is 0 Å². The van der Waals surface area contributed by atoms with E-state index in [1.807, 2.05) is 24.3 Å². The van der Waals surface area contributed by atoms with Crippen molar-refractivity contribution in [2.45, 2.75) is 0 Å². The topological polar surface area (TPSA) is 30.7 Å². The van der Waals surface area contributed by atoms with Gasteiger partial charge in [-0.15, -0.1) is 0 Å². The Labute approximate surface area is 70.6 Å². The maximum atomic E-state index is 4.17. The van der Waals surface area contributed by atoms with Crippen molar-refractivity contribution < 1.29 is 0 Å². The molecule has 0 fully saturated rings. The van der Waals surface area contributed by atoms with E-state index in [2.05, 4.69) is 16.3 Å². The first-order chi connectivity index (χ1) is 5.86. The Bertz CT molecular complexity index is 364. The summed E-state index contributed by atoms with van der Waals surface area (Å²) >= 11 is 0. The predicted octanol–water partition coefficient (Wildman–Crippen LogP) is 1.28. The Morgan fingerprint density at radius 3 is 3.00 bits per heavy atom. The monoisotopic (exact) mass is 158 g/mol. The molecule has 12 heavy (non-hydrogen) atoms. The van der Waals surface area contributed by atoms with Crippen LogP contribution in [-0.2, 0) is 7.05 Å². The van der Waals surface area contributed by atoms with E-state index >= 15 is 0 Å². The molecule has 0 aliphatic carbocycles. The van der Waals surface area contributed by atoms with Crippen molar-refractivity contribution in [1.82, 2.24) is 15.0 Å². The minimum absolute atomic E-state index is 0.884. The van der Waals surface area contributed by atoms with E-state index in [0.717, 1.165) is 11.3 Å². The van der Waals surface area contributed by atoms with Gasteiger partial charge in [0.25, 0.3) is 0 Å². The first kappa shape index (κ1) is 7.03. The average molecular weight is 158 g/mol. The van der Waals surface area contributed by atoms with E-state index in [1.54, 1.807) is 18.0 Å². The fraction of sp³-hybridized carbons (Fsp3) is 0.111. The Balaban J connectivity index is 2.45. The zero-order valence-electron chi connectivity index (χ0n) is 6.73. The summed E-state index contributed by atoms with van der Waals surface area (Å²) in [6.45, 7) is 0. The zero-order chi connectivity index (χ0) is 8.39. The van der Waals surface area contributed by atoms with Gasteiger partial charge in [0.2, 0.25) is 0 Å². The first-order valence-electron chi connectivity index (χ1n) is 3.69. The average Bonchev–Trinajstić information content (AvgIpc) is 2.54. The molecule has 3 heteroatoms. The second-order valence-corrected chi connectivity index (χ2v) is 2.51. The van der Waals surface area contributed by atoms with Crippen LogP contribution in [0.4, 0.5) is 0 Å². The predicted molar refractivity (Wildman–Crippen MR) is 45.3 cm³/mol. The van der Waals surface area contributed by atoms with Crippen molar-refractivity contribution in [3.63, 3.8) is 0 Å².